The smallest absolute Gasteiger partial charge is 0.00000778 e. The first-order chi connectivity index (χ1) is 6.82. The van der Waals surface area contributed by atoms with Crippen LogP contribution in [0.1, 0.15) is 0 Å². The first-order valence-electron chi connectivity index (χ1n) is 3.00. The maximum absolute atomic E-state index is 6.25. The highest BCUT2D eigenvalue weighted by Crippen LogP contribution is 1.98. The van der Waals surface area contributed by atoms with Crippen molar-refractivity contribution in [1.82, 2.24) is 0 Å². The third-order valence-corrected chi connectivity index (χ3v) is 1.33. The molecule has 0 aromatic carbocycles. The lowest BCUT2D eigenvalue weighted by Gasteiger charge is -2.46. The Morgan fingerprint density at radius 1 is 0.800 bits per heavy atom. The molecule has 0 unspecified atom stereocenters. The molecule has 0 heterocycles. The van der Waals surface area contributed by atoms with Gasteiger partial charge in [-0.25, -0.2) is 0 Å². The number of hydrogen-bond donors (Lipinski definition) is 0. The minimum Gasteiger partial charge on any atom is -0.267 e. The fourth-order valence-corrected chi connectivity index (χ4v) is 0.770. The Bertz CT molecular complexity index is 147. The number of rotatable bonds is 6. The monoisotopic (exact) mass is 180 g/mol. The predicted molar refractivity (Wildman–Crippen MR) is 107 cm³/mol. The highest BCUT2D eigenvalue weighted by Gasteiger charge is 2.28. The molecule has 0 fully saturated rings. The summed E-state index contributed by atoms with van der Waals surface area (Å²) in [6.45, 7) is 0. The predicted octanol–water partition coefficient (Wildman–Crippen LogP) is -9.73. The third-order valence-electron chi connectivity index (χ3n) is 1.33. The van der Waals surface area contributed by atoms with Crippen LogP contribution in [-0.4, -0.2) is 107 Å². The zero-order chi connectivity index (χ0) is 12.2. The Morgan fingerprint density at radius 2 is 1.20 bits per heavy atom. The molecular weight excluding hydrogens is 162 g/mol. The summed E-state index contributed by atoms with van der Waals surface area (Å²) >= 11 is 0. The van der Waals surface area contributed by atoms with Gasteiger partial charge in [0.25, 0.3) is 0 Å². The van der Waals surface area contributed by atoms with Crippen molar-refractivity contribution in [2.24, 2.45) is 0 Å². The molecule has 0 bridgehead atoms. The molecule has 0 aliphatic rings. The Kier molecular flexibility index (Phi) is 7.81. The standard InChI is InChI=1S/B15H15/c1-9-13(8)15(12(6)7)14(10(2)3)11(4)5/h1-5H3/q-5. The number of hydrogen-bond acceptors (Lipinski definition) is 0. The van der Waals surface area contributed by atoms with Crippen LogP contribution in [-0.2, 0) is 0 Å². The van der Waals surface area contributed by atoms with Crippen LogP contribution in [0.3, 0.4) is 0 Å². The minimum atomic E-state index is -0.142. The Hall–Kier alpha value is 0.974. The van der Waals surface area contributed by atoms with Crippen molar-refractivity contribution >= 4 is 107 Å². The SMILES string of the molecule is [B]B([B])B(B([B])[B][BH3-])B(B([BH3-])[BH3-])B([BH3-])[BH3-]. The molecule has 15 heavy (non-hydrogen) atoms. The summed E-state index contributed by atoms with van der Waals surface area (Å²) in [7, 11) is 23.0. The van der Waals surface area contributed by atoms with Crippen molar-refractivity contribution in [2.75, 3.05) is 0 Å². The van der Waals surface area contributed by atoms with Gasteiger partial charge in [-0.2, -0.15) is 7.06 Å². The molecule has 0 saturated heterocycles. The van der Waals surface area contributed by atoms with E-state index in [0.717, 1.165) is 6.39 Å². The summed E-state index contributed by atoms with van der Waals surface area (Å²) in [4.78, 5) is 0. The van der Waals surface area contributed by atoms with Gasteiger partial charge in [-0.15, -0.1) is 37.3 Å². The van der Waals surface area contributed by atoms with Gasteiger partial charge in [0.2, 0.25) is 0 Å². The molecule has 0 nitrogen and oxygen atoms in total. The van der Waals surface area contributed by atoms with Crippen molar-refractivity contribution in [1.29, 1.82) is 0 Å². The van der Waals surface area contributed by atoms with Crippen molar-refractivity contribution in [3.05, 3.63) is 0 Å². The molecule has 0 spiro atoms. The average Bonchev–Trinajstić information content (AvgIpc) is 2.10. The van der Waals surface area contributed by atoms with Crippen LogP contribution in [0, 0.1) is 0 Å². The molecule has 0 saturated carbocycles. The van der Waals surface area contributed by atoms with Crippen LogP contribution >= 0.6 is 0 Å². The van der Waals surface area contributed by atoms with Gasteiger partial charge in [0, 0.05) is 0 Å². The van der Waals surface area contributed by atoms with Crippen molar-refractivity contribution in [3.8, 4) is 0 Å². The van der Waals surface area contributed by atoms with Gasteiger partial charge < -0.3 is 0 Å². The van der Waals surface area contributed by atoms with Crippen LogP contribution in [0.5, 0.6) is 0 Å². The second-order valence-electron chi connectivity index (χ2n) is 2.31. The van der Waals surface area contributed by atoms with Crippen LogP contribution < -0.4 is 0 Å². The van der Waals surface area contributed by atoms with E-state index in [0.29, 0.717) is 45.1 Å². The fraction of sp³-hybridized carbons (Fsp3) is 0. The highest BCUT2D eigenvalue weighted by molar-refractivity contribution is 8.12. The molecule has 0 N–H and O–H groups in total. The summed E-state index contributed by atoms with van der Waals surface area (Å²) in [5.41, 5.74) is 0. The molecule has 0 aromatic rings. The lowest BCUT2D eigenvalue weighted by atomic mass is 8.46. The summed E-state index contributed by atoms with van der Waals surface area (Å²) in [5.74, 6) is 0. The topological polar surface area (TPSA) is 0 Å². The maximum Gasteiger partial charge on any atom is -0.00000778 e. The van der Waals surface area contributed by atoms with E-state index in [1.54, 1.807) is 0 Å². The van der Waals surface area contributed by atoms with E-state index >= 15 is 0 Å². The Balaban J connectivity index is 4.84. The van der Waals surface area contributed by atoms with E-state index < -0.39 is 0 Å². The maximum atomic E-state index is 6.25. The second kappa shape index (κ2) is 7.33. The van der Waals surface area contributed by atoms with Gasteiger partial charge in [-0.3, -0.25) is 12.8 Å². The molecule has 7 radical (unpaired) electrons. The molecule has 65 valence electrons. The van der Waals surface area contributed by atoms with E-state index in [-0.39, 0.29) is 12.8 Å². The first kappa shape index (κ1) is 16.0. The van der Waals surface area contributed by atoms with E-state index in [1.165, 1.54) is 12.8 Å². The van der Waals surface area contributed by atoms with E-state index in [2.05, 4.69) is 7.06 Å². The van der Waals surface area contributed by atoms with E-state index in [9.17, 15) is 0 Å². The second-order valence-corrected chi connectivity index (χ2v) is 2.31. The summed E-state index contributed by atoms with van der Waals surface area (Å²) < 4.78 is 0. The van der Waals surface area contributed by atoms with Crippen LogP contribution in [0.15, 0.2) is 0 Å². The van der Waals surface area contributed by atoms with Gasteiger partial charge in [0.1, 0.15) is 0 Å². The molecule has 15 heteroatoms. The van der Waals surface area contributed by atoms with E-state index in [1.807, 2.05) is 0 Å². The Morgan fingerprint density at radius 3 is 1.40 bits per heavy atom. The van der Waals surface area contributed by atoms with Crippen molar-refractivity contribution < 1.29 is 0 Å². The third kappa shape index (κ3) is 4.78. The zero-order valence-electron chi connectivity index (χ0n) is 5.77. The molecule has 0 amide bonds. The molecule has 0 aromatic heterocycles. The fourth-order valence-electron chi connectivity index (χ4n) is 0.770. The molecule has 0 aliphatic carbocycles. The average molecular weight is 177 g/mol. The van der Waals surface area contributed by atoms with Gasteiger partial charge in [0.15, 0.2) is 0 Å². The highest BCUT2D eigenvalue weighted by atomic mass is 13.2. The largest absolute Gasteiger partial charge is 0.267 e. The van der Waals surface area contributed by atoms with Crippen LogP contribution in [0.2, 0.25) is 0 Å². The van der Waals surface area contributed by atoms with E-state index in [4.69, 9.17) is 23.2 Å². The van der Waals surface area contributed by atoms with Crippen molar-refractivity contribution in [2.45, 2.75) is 0 Å². The van der Waals surface area contributed by atoms with Gasteiger partial charge in [0.05, 0.1) is 0 Å². The van der Waals surface area contributed by atoms with Gasteiger partial charge in [-0.05, 0) is 42.4 Å². The van der Waals surface area contributed by atoms with Gasteiger partial charge in [-0.1, -0.05) is 7.74 Å². The van der Waals surface area contributed by atoms with Crippen LogP contribution in [0.4, 0.5) is 0 Å². The summed E-state index contributed by atoms with van der Waals surface area (Å²) in [6, 6.07) is 0. The zero-order valence-corrected chi connectivity index (χ0v) is 5.77. The molecule has 0 aliphatic heterocycles. The lowest BCUT2D eigenvalue weighted by Crippen LogP contribution is -2.73. The quantitative estimate of drug-likeness (QED) is 0.354. The summed E-state index contributed by atoms with van der Waals surface area (Å²) in [6.07, 6.45) is 3.95. The Labute approximate surface area is 107 Å². The first-order valence-corrected chi connectivity index (χ1v) is 3.00. The molecular formula is H15B15-5. The van der Waals surface area contributed by atoms with Crippen molar-refractivity contribution in [3.63, 3.8) is 0 Å². The molecule has 0 rings (SSSR count). The van der Waals surface area contributed by atoms with Gasteiger partial charge >= 0.3 is 0 Å². The summed E-state index contributed by atoms with van der Waals surface area (Å²) in [5, 5.41) is 0. The molecule has 0 atom stereocenters. The lowest BCUT2D eigenvalue weighted by molar-refractivity contribution is 3.40. The van der Waals surface area contributed by atoms with Crippen LogP contribution in [0.25, 0.3) is 0 Å². The minimum absolute atomic E-state index is 0.142. The normalized spacial score (nSPS) is 9.13.